The van der Waals surface area contributed by atoms with Crippen LogP contribution >= 0.6 is 0 Å². The van der Waals surface area contributed by atoms with Gasteiger partial charge in [-0.2, -0.15) is 0 Å². The number of nitrogens with zero attached hydrogens (tertiary/aromatic N) is 2. The van der Waals surface area contributed by atoms with Gasteiger partial charge in [0.2, 0.25) is 5.71 Å². The molecule has 1 fully saturated rings. The van der Waals surface area contributed by atoms with Crippen LogP contribution in [-0.2, 0) is 0 Å². The van der Waals surface area contributed by atoms with Crippen molar-refractivity contribution in [3.63, 3.8) is 0 Å². The fourth-order valence-corrected chi connectivity index (χ4v) is 2.33. The van der Waals surface area contributed by atoms with Crippen molar-refractivity contribution in [1.82, 2.24) is 9.88 Å². The van der Waals surface area contributed by atoms with Crippen LogP contribution in [0.2, 0.25) is 0 Å². The lowest BCUT2D eigenvalue weighted by molar-refractivity contribution is 0.280. The van der Waals surface area contributed by atoms with Crippen molar-refractivity contribution >= 4 is 11.1 Å². The van der Waals surface area contributed by atoms with Crippen LogP contribution in [0.25, 0.3) is 11.1 Å². The van der Waals surface area contributed by atoms with Crippen LogP contribution < -0.4 is 0 Å². The van der Waals surface area contributed by atoms with Crippen LogP contribution in [0.15, 0.2) is 28.8 Å². The molecule has 78 valence electrons. The molecular weight excluding hydrogens is 188 g/mol. The van der Waals surface area contributed by atoms with E-state index in [4.69, 9.17) is 4.42 Å². The highest BCUT2D eigenvalue weighted by Crippen LogP contribution is 2.33. The van der Waals surface area contributed by atoms with E-state index >= 15 is 0 Å². The third-order valence-corrected chi connectivity index (χ3v) is 3.16. The van der Waals surface area contributed by atoms with Gasteiger partial charge in [-0.05, 0) is 44.6 Å². The number of rotatable bonds is 1. The van der Waals surface area contributed by atoms with E-state index in [0.29, 0.717) is 6.04 Å². The molecule has 3 nitrogen and oxygen atoms in total. The molecule has 15 heavy (non-hydrogen) atoms. The normalized spacial score (nSPS) is 22.6. The minimum absolute atomic E-state index is 0.444. The zero-order valence-electron chi connectivity index (χ0n) is 8.81. The van der Waals surface area contributed by atoms with E-state index in [2.05, 4.69) is 23.0 Å². The largest absolute Gasteiger partial charge is 0.441 e. The van der Waals surface area contributed by atoms with E-state index in [9.17, 15) is 0 Å². The number of likely N-dealkylation sites (tertiary alicyclic amines) is 1. The second-order valence-corrected chi connectivity index (χ2v) is 4.19. The van der Waals surface area contributed by atoms with Gasteiger partial charge in [0.25, 0.3) is 0 Å². The van der Waals surface area contributed by atoms with Crippen molar-refractivity contribution in [1.29, 1.82) is 0 Å². The van der Waals surface area contributed by atoms with Gasteiger partial charge in [-0.15, -0.1) is 0 Å². The molecule has 3 rings (SSSR count). The lowest BCUT2D eigenvalue weighted by Crippen LogP contribution is -2.16. The second kappa shape index (κ2) is 3.35. The Kier molecular flexibility index (Phi) is 1.99. The van der Waals surface area contributed by atoms with Crippen molar-refractivity contribution in [3.05, 3.63) is 30.2 Å². The van der Waals surface area contributed by atoms with Gasteiger partial charge in [-0.25, -0.2) is 4.98 Å². The van der Waals surface area contributed by atoms with E-state index < -0.39 is 0 Å². The third kappa shape index (κ3) is 1.43. The zero-order chi connectivity index (χ0) is 10.3. The minimum Gasteiger partial charge on any atom is -0.441 e. The summed E-state index contributed by atoms with van der Waals surface area (Å²) in [7, 11) is 2.15. The summed E-state index contributed by atoms with van der Waals surface area (Å²) in [6, 6.07) is 6.55. The number of furan rings is 1. The molecule has 1 aliphatic rings. The summed E-state index contributed by atoms with van der Waals surface area (Å²) in [5.41, 5.74) is 0.757. The van der Waals surface area contributed by atoms with E-state index in [-0.39, 0.29) is 0 Å². The topological polar surface area (TPSA) is 29.3 Å². The predicted molar refractivity (Wildman–Crippen MR) is 58.6 cm³/mol. The van der Waals surface area contributed by atoms with Gasteiger partial charge in [0.1, 0.15) is 5.76 Å². The highest BCUT2D eigenvalue weighted by Gasteiger charge is 2.25. The smallest absolute Gasteiger partial charge is 0.226 e. The average molecular weight is 202 g/mol. The molecule has 0 spiro atoms. The maximum absolute atomic E-state index is 5.77. The van der Waals surface area contributed by atoms with Gasteiger partial charge >= 0.3 is 0 Å². The van der Waals surface area contributed by atoms with Crippen LogP contribution in [0.4, 0.5) is 0 Å². The Hall–Kier alpha value is -1.35. The van der Waals surface area contributed by atoms with Crippen molar-refractivity contribution < 1.29 is 4.42 Å². The molecule has 0 radical (unpaired) electrons. The summed E-state index contributed by atoms with van der Waals surface area (Å²) in [4.78, 5) is 6.56. The van der Waals surface area contributed by atoms with Crippen LogP contribution in [0, 0.1) is 0 Å². The standard InChI is InChI=1S/C12H14N2O/c1-14-7-3-5-10(14)11-8-9-4-2-6-13-12(9)15-11/h2,4,6,8,10H,3,5,7H2,1H3/t10-/m0/s1. The minimum atomic E-state index is 0.444. The van der Waals surface area contributed by atoms with Crippen molar-refractivity contribution in [2.75, 3.05) is 13.6 Å². The molecule has 1 aliphatic heterocycles. The summed E-state index contributed by atoms with van der Waals surface area (Å²) >= 11 is 0. The summed E-state index contributed by atoms with van der Waals surface area (Å²) in [6.45, 7) is 1.16. The number of aromatic nitrogens is 1. The van der Waals surface area contributed by atoms with E-state index in [1.807, 2.05) is 12.1 Å². The summed E-state index contributed by atoms with van der Waals surface area (Å²) in [6.07, 6.45) is 4.22. The molecule has 1 saturated heterocycles. The first-order valence-corrected chi connectivity index (χ1v) is 5.39. The number of fused-ring (bicyclic) bond motifs is 1. The number of pyridine rings is 1. The molecule has 0 saturated carbocycles. The molecule has 2 aromatic rings. The van der Waals surface area contributed by atoms with E-state index in [1.165, 1.54) is 12.8 Å². The lowest BCUT2D eigenvalue weighted by Gasteiger charge is -2.16. The van der Waals surface area contributed by atoms with Gasteiger partial charge < -0.3 is 4.42 Å². The fraction of sp³-hybridized carbons (Fsp3) is 0.417. The van der Waals surface area contributed by atoms with Crippen LogP contribution in [0.3, 0.4) is 0 Å². The van der Waals surface area contributed by atoms with Gasteiger partial charge in [0, 0.05) is 11.6 Å². The lowest BCUT2D eigenvalue weighted by atomic mass is 10.1. The first kappa shape index (κ1) is 8.92. The third-order valence-electron chi connectivity index (χ3n) is 3.16. The monoisotopic (exact) mass is 202 g/mol. The first-order valence-electron chi connectivity index (χ1n) is 5.39. The molecule has 0 unspecified atom stereocenters. The van der Waals surface area contributed by atoms with Gasteiger partial charge in [-0.3, -0.25) is 4.90 Å². The molecule has 2 aromatic heterocycles. The molecule has 0 aliphatic carbocycles. The van der Waals surface area contributed by atoms with Crippen LogP contribution in [-0.4, -0.2) is 23.5 Å². The quantitative estimate of drug-likeness (QED) is 0.711. The molecule has 0 aromatic carbocycles. The van der Waals surface area contributed by atoms with Crippen molar-refractivity contribution in [2.45, 2.75) is 18.9 Å². The zero-order valence-corrected chi connectivity index (χ0v) is 8.81. The molecule has 3 heterocycles. The molecule has 0 N–H and O–H groups in total. The highest BCUT2D eigenvalue weighted by molar-refractivity contribution is 5.73. The number of hydrogen-bond donors (Lipinski definition) is 0. The van der Waals surface area contributed by atoms with Crippen LogP contribution in [0.5, 0.6) is 0 Å². The summed E-state index contributed by atoms with van der Waals surface area (Å²) in [5, 5.41) is 1.10. The highest BCUT2D eigenvalue weighted by atomic mass is 16.3. The Labute approximate surface area is 88.7 Å². The Balaban J connectivity index is 2.04. The molecular formula is C12H14N2O. The van der Waals surface area contributed by atoms with Crippen LogP contribution in [0.1, 0.15) is 24.6 Å². The fourth-order valence-electron chi connectivity index (χ4n) is 2.33. The van der Waals surface area contributed by atoms with Gasteiger partial charge in [0.15, 0.2) is 0 Å². The maximum atomic E-state index is 5.77. The van der Waals surface area contributed by atoms with Crippen molar-refractivity contribution in [2.24, 2.45) is 0 Å². The second-order valence-electron chi connectivity index (χ2n) is 4.19. The Morgan fingerprint density at radius 1 is 1.53 bits per heavy atom. The molecule has 1 atom stereocenters. The van der Waals surface area contributed by atoms with Gasteiger partial charge in [-0.1, -0.05) is 0 Å². The van der Waals surface area contributed by atoms with Gasteiger partial charge in [0.05, 0.1) is 6.04 Å². The van der Waals surface area contributed by atoms with E-state index in [0.717, 1.165) is 23.4 Å². The molecule has 3 heteroatoms. The van der Waals surface area contributed by atoms with Crippen molar-refractivity contribution in [3.8, 4) is 0 Å². The summed E-state index contributed by atoms with van der Waals surface area (Å²) < 4.78 is 5.77. The Bertz CT molecular complexity index is 444. The summed E-state index contributed by atoms with van der Waals surface area (Å²) in [5.74, 6) is 1.06. The Morgan fingerprint density at radius 2 is 2.47 bits per heavy atom. The molecule has 0 bridgehead atoms. The Morgan fingerprint density at radius 3 is 3.20 bits per heavy atom. The predicted octanol–water partition coefficient (Wildman–Crippen LogP) is 2.59. The number of hydrogen-bond acceptors (Lipinski definition) is 3. The SMILES string of the molecule is CN1CCC[C@H]1c1cc2cccnc2o1. The molecule has 0 amide bonds. The first-order chi connectivity index (χ1) is 7.34. The van der Waals surface area contributed by atoms with E-state index in [1.54, 1.807) is 6.20 Å². The maximum Gasteiger partial charge on any atom is 0.226 e. The average Bonchev–Trinajstić information content (AvgIpc) is 2.82.